The molecule has 3 aliphatic carbocycles. The summed E-state index contributed by atoms with van der Waals surface area (Å²) in [5.41, 5.74) is 3.63. The summed E-state index contributed by atoms with van der Waals surface area (Å²) in [6, 6.07) is 0. The first-order valence-electron chi connectivity index (χ1n) is 15.1. The molecule has 2 N–H and O–H groups in total. The lowest BCUT2D eigenvalue weighted by molar-refractivity contribution is 0.0147. The van der Waals surface area contributed by atoms with Crippen LogP contribution in [-0.2, 0) is 4.43 Å². The summed E-state index contributed by atoms with van der Waals surface area (Å²) in [6.45, 7) is 24.7. The number of hydrogen-bond donors (Lipinski definition) is 2. The van der Waals surface area contributed by atoms with Crippen molar-refractivity contribution >= 4 is 8.32 Å². The Kier molecular flexibility index (Phi) is 9.53. The van der Waals surface area contributed by atoms with Crippen LogP contribution in [0.15, 0.2) is 35.5 Å². The fraction of sp³-hybridized carbons (Fsp3) is 0.818. The number of aliphatic hydroxyl groups excluding tert-OH is 1. The maximum atomic E-state index is 11.0. The van der Waals surface area contributed by atoms with Gasteiger partial charge in [0.05, 0.1) is 11.7 Å². The Bertz CT molecular complexity index is 871. The molecular formula is C33H58O3Si. The van der Waals surface area contributed by atoms with E-state index in [4.69, 9.17) is 4.43 Å². The minimum absolute atomic E-state index is 0.160. The second-order valence-electron chi connectivity index (χ2n) is 15.3. The minimum Gasteiger partial charge on any atom is -0.414 e. The van der Waals surface area contributed by atoms with Gasteiger partial charge >= 0.3 is 0 Å². The molecule has 0 aromatic carbocycles. The van der Waals surface area contributed by atoms with Gasteiger partial charge in [-0.15, -0.1) is 0 Å². The van der Waals surface area contributed by atoms with Crippen molar-refractivity contribution in [3.05, 3.63) is 35.5 Å². The average molecular weight is 531 g/mol. The zero-order chi connectivity index (χ0) is 27.8. The number of aliphatic hydroxyl groups is 2. The third-order valence-corrected chi connectivity index (χ3v) is 15.1. The first kappa shape index (κ1) is 30.9. The minimum atomic E-state index is -1.79. The molecule has 0 saturated heterocycles. The van der Waals surface area contributed by atoms with E-state index in [9.17, 15) is 10.2 Å². The van der Waals surface area contributed by atoms with Gasteiger partial charge in [-0.25, -0.2) is 0 Å². The predicted molar refractivity (Wildman–Crippen MR) is 160 cm³/mol. The van der Waals surface area contributed by atoms with Crippen molar-refractivity contribution in [1.82, 2.24) is 0 Å². The monoisotopic (exact) mass is 530 g/mol. The highest BCUT2D eigenvalue weighted by molar-refractivity contribution is 6.74. The first-order valence-corrected chi connectivity index (χ1v) is 18.0. The number of allylic oxidation sites excluding steroid dienone is 3. The molecule has 0 aromatic rings. The predicted octanol–water partition coefficient (Wildman–Crippen LogP) is 8.73. The molecule has 0 bridgehead atoms. The smallest absolute Gasteiger partial charge is 0.192 e. The van der Waals surface area contributed by atoms with Gasteiger partial charge < -0.3 is 14.6 Å². The molecule has 0 radical (unpaired) electrons. The van der Waals surface area contributed by atoms with Gasteiger partial charge in [-0.1, -0.05) is 77.3 Å². The third kappa shape index (κ3) is 7.50. The maximum Gasteiger partial charge on any atom is 0.192 e. The highest BCUT2D eigenvalue weighted by Crippen LogP contribution is 2.60. The van der Waals surface area contributed by atoms with Gasteiger partial charge in [0.1, 0.15) is 0 Å². The van der Waals surface area contributed by atoms with E-state index in [1.807, 2.05) is 13.8 Å². The highest BCUT2D eigenvalue weighted by atomic mass is 28.4. The van der Waals surface area contributed by atoms with Gasteiger partial charge in [-0.3, -0.25) is 0 Å². The normalized spacial score (nSPS) is 34.7. The first-order chi connectivity index (χ1) is 16.9. The molecule has 3 rings (SSSR count). The summed E-state index contributed by atoms with van der Waals surface area (Å²) in [5.74, 6) is 1.82. The molecule has 3 saturated carbocycles. The molecule has 1 unspecified atom stereocenters. The molecule has 0 spiro atoms. The largest absolute Gasteiger partial charge is 0.414 e. The summed E-state index contributed by atoms with van der Waals surface area (Å²) in [6.07, 6.45) is 15.1. The summed E-state index contributed by atoms with van der Waals surface area (Å²) in [5, 5.41) is 21.3. The fourth-order valence-electron chi connectivity index (χ4n) is 7.41. The van der Waals surface area contributed by atoms with E-state index in [1.54, 1.807) is 0 Å². The van der Waals surface area contributed by atoms with Crippen LogP contribution in [0.25, 0.3) is 0 Å². The van der Waals surface area contributed by atoms with Crippen LogP contribution < -0.4 is 0 Å². The van der Waals surface area contributed by atoms with Gasteiger partial charge in [-0.05, 0) is 112 Å². The molecule has 3 fully saturated rings. The van der Waals surface area contributed by atoms with Crippen molar-refractivity contribution in [1.29, 1.82) is 0 Å². The van der Waals surface area contributed by atoms with Crippen LogP contribution in [-0.4, -0.2) is 36.3 Å². The van der Waals surface area contributed by atoms with Crippen molar-refractivity contribution in [2.45, 2.75) is 149 Å². The number of rotatable bonds is 8. The molecule has 0 amide bonds. The van der Waals surface area contributed by atoms with Crippen molar-refractivity contribution in [2.24, 2.45) is 23.2 Å². The lowest BCUT2D eigenvalue weighted by Crippen LogP contribution is -2.44. The standard InChI is InChI=1S/C33H58O3Si/c1-23-13-16-28(36-37(9,10)31(3,4)5)21-25(23)14-15-26-20-27(34)22-33(8)29(17-18-30(26)33)24(2)12-11-19-32(6,7)35/h14-15,24,27-30,34-35H,1,11-13,16-22H2,2-10H3/b25-14-,26-15+/t24-,27+,28+,29-,30?,33-/m1/s1. The highest BCUT2D eigenvalue weighted by Gasteiger charge is 2.52. The molecule has 3 aliphatic rings. The maximum absolute atomic E-state index is 11.0. The van der Waals surface area contributed by atoms with Gasteiger partial charge in [-0.2, -0.15) is 0 Å². The van der Waals surface area contributed by atoms with Crippen LogP contribution in [0.5, 0.6) is 0 Å². The Balaban J connectivity index is 1.74. The van der Waals surface area contributed by atoms with Crippen LogP contribution in [0.1, 0.15) is 113 Å². The van der Waals surface area contributed by atoms with Crippen LogP contribution in [0, 0.1) is 23.2 Å². The molecule has 4 heteroatoms. The Morgan fingerprint density at radius 1 is 1.11 bits per heavy atom. The summed E-state index contributed by atoms with van der Waals surface area (Å²) >= 11 is 0. The summed E-state index contributed by atoms with van der Waals surface area (Å²) in [7, 11) is -1.79. The van der Waals surface area contributed by atoms with Crippen molar-refractivity contribution < 1.29 is 14.6 Å². The Morgan fingerprint density at radius 3 is 2.41 bits per heavy atom. The molecule has 3 nitrogen and oxygen atoms in total. The molecule has 0 aromatic heterocycles. The second-order valence-corrected chi connectivity index (χ2v) is 20.0. The molecule has 212 valence electrons. The number of fused-ring (bicyclic) bond motifs is 1. The summed E-state index contributed by atoms with van der Waals surface area (Å²) < 4.78 is 6.79. The molecule has 6 atom stereocenters. The van der Waals surface area contributed by atoms with E-state index in [2.05, 4.69) is 66.4 Å². The Morgan fingerprint density at radius 2 is 1.78 bits per heavy atom. The molecule has 37 heavy (non-hydrogen) atoms. The van der Waals surface area contributed by atoms with Gasteiger partial charge in [0.2, 0.25) is 0 Å². The van der Waals surface area contributed by atoms with Crippen LogP contribution in [0.2, 0.25) is 18.1 Å². The van der Waals surface area contributed by atoms with Crippen molar-refractivity contribution in [3.63, 3.8) is 0 Å². The van der Waals surface area contributed by atoms with Crippen molar-refractivity contribution in [2.75, 3.05) is 0 Å². The zero-order valence-corrected chi connectivity index (χ0v) is 26.6. The Labute approximate surface area is 230 Å². The van der Waals surface area contributed by atoms with Gasteiger partial charge in [0.15, 0.2) is 8.32 Å². The Hall–Kier alpha value is -0.683. The SMILES string of the molecule is C=C1CC[C@H](O[Si](C)(C)C(C)(C)C)C/C1=C/C=C1\C[C@H](O)C[C@@]2(C)C1CC[C@@H]2[C@H](C)CCCC(C)(C)O. The topological polar surface area (TPSA) is 49.7 Å². The van der Waals surface area contributed by atoms with Crippen LogP contribution in [0.4, 0.5) is 0 Å². The van der Waals surface area contributed by atoms with Crippen molar-refractivity contribution in [3.8, 4) is 0 Å². The molecule has 0 heterocycles. The summed E-state index contributed by atoms with van der Waals surface area (Å²) in [4.78, 5) is 0. The average Bonchev–Trinajstić information content (AvgIpc) is 3.08. The van der Waals surface area contributed by atoms with E-state index in [1.165, 1.54) is 29.6 Å². The van der Waals surface area contributed by atoms with Gasteiger partial charge in [0, 0.05) is 6.10 Å². The van der Waals surface area contributed by atoms with E-state index in [0.717, 1.165) is 51.4 Å². The third-order valence-electron chi connectivity index (χ3n) is 10.6. The zero-order valence-electron chi connectivity index (χ0n) is 25.6. The van der Waals surface area contributed by atoms with Crippen LogP contribution >= 0.6 is 0 Å². The van der Waals surface area contributed by atoms with E-state index in [-0.39, 0.29) is 16.6 Å². The van der Waals surface area contributed by atoms with E-state index < -0.39 is 13.9 Å². The van der Waals surface area contributed by atoms with Crippen LogP contribution in [0.3, 0.4) is 0 Å². The molecular weight excluding hydrogens is 472 g/mol. The number of hydrogen-bond acceptors (Lipinski definition) is 3. The second kappa shape index (κ2) is 11.4. The fourth-order valence-corrected chi connectivity index (χ4v) is 8.80. The van der Waals surface area contributed by atoms with Gasteiger partial charge in [0.25, 0.3) is 0 Å². The quantitative estimate of drug-likeness (QED) is 0.308. The molecule has 0 aliphatic heterocycles. The lowest BCUT2D eigenvalue weighted by atomic mass is 9.60. The van der Waals surface area contributed by atoms with E-state index >= 15 is 0 Å². The van der Waals surface area contributed by atoms with E-state index in [0.29, 0.717) is 23.9 Å². The lowest BCUT2D eigenvalue weighted by Gasteiger charge is -2.46.